The lowest BCUT2D eigenvalue weighted by molar-refractivity contribution is -0.303. The predicted octanol–water partition coefficient (Wildman–Crippen LogP) is -1.02. The summed E-state index contributed by atoms with van der Waals surface area (Å²) in [5.41, 5.74) is 0. The average Bonchev–Trinajstić information content (AvgIpc) is 2.69. The Kier molecular flexibility index (Phi) is 10.8. The molecule has 0 saturated carbocycles. The van der Waals surface area contributed by atoms with Crippen molar-refractivity contribution in [3.05, 3.63) is 0 Å². The van der Waals surface area contributed by atoms with Gasteiger partial charge in [-0.25, -0.2) is 4.79 Å². The van der Waals surface area contributed by atoms with Gasteiger partial charge in [0, 0.05) is 41.5 Å². The van der Waals surface area contributed by atoms with Gasteiger partial charge in [-0.1, -0.05) is 0 Å². The maximum absolute atomic E-state index is 12.2. The van der Waals surface area contributed by atoms with Crippen LogP contribution in [-0.4, -0.2) is 89.7 Å². The van der Waals surface area contributed by atoms with E-state index >= 15 is 0 Å². The summed E-state index contributed by atoms with van der Waals surface area (Å²) in [5.74, 6) is -9.92. The van der Waals surface area contributed by atoms with Crippen LogP contribution in [0.3, 0.4) is 0 Å². The molecule has 36 heavy (non-hydrogen) atoms. The Labute approximate surface area is 205 Å². The van der Waals surface area contributed by atoms with Crippen molar-refractivity contribution < 1.29 is 67.1 Å². The number of ether oxygens (including phenoxy) is 6. The molecule has 1 amide bonds. The van der Waals surface area contributed by atoms with E-state index in [9.17, 15) is 38.7 Å². The molecule has 0 unspecified atom stereocenters. The number of rotatable bonds is 10. The number of amides is 1. The number of aliphatic carboxylic acids is 1. The van der Waals surface area contributed by atoms with E-state index in [4.69, 9.17) is 28.4 Å². The number of hydrogen-bond donors (Lipinski definition) is 2. The highest BCUT2D eigenvalue weighted by molar-refractivity contribution is 5.80. The summed E-state index contributed by atoms with van der Waals surface area (Å²) in [6, 6.07) is -1.41. The van der Waals surface area contributed by atoms with Gasteiger partial charge in [0.1, 0.15) is 18.8 Å². The van der Waals surface area contributed by atoms with Gasteiger partial charge in [0.25, 0.3) is 0 Å². The van der Waals surface area contributed by atoms with E-state index in [0.29, 0.717) is 0 Å². The molecule has 202 valence electrons. The molecular formula is C21H29NO14. The lowest BCUT2D eigenvalue weighted by Crippen LogP contribution is -2.69. The molecule has 1 rings (SSSR count). The second kappa shape index (κ2) is 12.8. The molecule has 1 aliphatic heterocycles. The number of carbonyl (C=O) groups excluding carboxylic acids is 6. The molecule has 0 aromatic rings. The Bertz CT molecular complexity index is 901. The third-order valence-electron chi connectivity index (χ3n) is 4.63. The second-order valence-corrected chi connectivity index (χ2v) is 7.84. The molecule has 0 radical (unpaired) electrons. The molecule has 2 N–H and O–H groups in total. The van der Waals surface area contributed by atoms with Crippen LogP contribution in [0.1, 0.15) is 48.0 Å². The molecule has 6 atom stereocenters. The maximum atomic E-state index is 12.2. The van der Waals surface area contributed by atoms with Crippen molar-refractivity contribution >= 4 is 41.7 Å². The normalized spacial score (nSPS) is 24.8. The van der Waals surface area contributed by atoms with E-state index in [1.54, 1.807) is 0 Å². The Morgan fingerprint density at radius 3 is 1.89 bits per heavy atom. The van der Waals surface area contributed by atoms with E-state index in [-0.39, 0.29) is 0 Å². The van der Waals surface area contributed by atoms with E-state index in [1.165, 1.54) is 0 Å². The third-order valence-corrected chi connectivity index (χ3v) is 4.63. The van der Waals surface area contributed by atoms with Gasteiger partial charge in [0.05, 0.1) is 12.5 Å². The maximum Gasteiger partial charge on any atom is 0.377 e. The standard InChI is InChI=1S/C21H29NO14/c1-9(23)22-17-15(32-11(3)25)7-21(20(29)30,35-14(6)28)36-19(17)18(34-13(5)27)16(33-12(4)26)8-31-10(2)24/h15-19H,7-8H2,1-6H3,(H,22,23)(H,29,30)/t15-,16+,17+,18+,19+,21+/m0/s1. The van der Waals surface area contributed by atoms with Crippen LogP contribution in [0.15, 0.2) is 0 Å². The van der Waals surface area contributed by atoms with E-state index in [2.05, 4.69) is 5.32 Å². The highest BCUT2D eigenvalue weighted by Crippen LogP contribution is 2.36. The number of esters is 5. The van der Waals surface area contributed by atoms with Gasteiger partial charge in [-0.15, -0.1) is 0 Å². The predicted molar refractivity (Wildman–Crippen MR) is 113 cm³/mol. The van der Waals surface area contributed by atoms with E-state index in [1.807, 2.05) is 0 Å². The monoisotopic (exact) mass is 519 g/mol. The molecule has 0 aromatic carbocycles. The van der Waals surface area contributed by atoms with Crippen molar-refractivity contribution in [1.82, 2.24) is 5.32 Å². The van der Waals surface area contributed by atoms with Gasteiger partial charge in [0.15, 0.2) is 12.2 Å². The summed E-state index contributed by atoms with van der Waals surface area (Å²) in [7, 11) is 0. The first-order chi connectivity index (χ1) is 16.6. The smallest absolute Gasteiger partial charge is 0.377 e. The fraction of sp³-hybridized carbons (Fsp3) is 0.667. The first-order valence-electron chi connectivity index (χ1n) is 10.6. The molecule has 15 nitrogen and oxygen atoms in total. The summed E-state index contributed by atoms with van der Waals surface area (Å²) in [5, 5.41) is 12.3. The fourth-order valence-corrected chi connectivity index (χ4v) is 3.59. The van der Waals surface area contributed by atoms with Crippen LogP contribution in [0.4, 0.5) is 0 Å². The molecule has 0 spiro atoms. The number of carbonyl (C=O) groups is 7. The topological polar surface area (TPSA) is 207 Å². The van der Waals surface area contributed by atoms with Crippen molar-refractivity contribution in [2.24, 2.45) is 0 Å². The number of nitrogens with one attached hydrogen (secondary N) is 1. The lowest BCUT2D eigenvalue weighted by atomic mass is 9.88. The van der Waals surface area contributed by atoms with E-state index in [0.717, 1.165) is 41.5 Å². The summed E-state index contributed by atoms with van der Waals surface area (Å²) in [6.45, 7) is 5.35. The van der Waals surface area contributed by atoms with Crippen LogP contribution in [0, 0.1) is 0 Å². The summed E-state index contributed by atoms with van der Waals surface area (Å²) < 4.78 is 31.1. The Balaban J connectivity index is 3.78. The van der Waals surface area contributed by atoms with Crippen LogP contribution in [0.25, 0.3) is 0 Å². The molecule has 0 aliphatic carbocycles. The minimum absolute atomic E-state index is 0.675. The van der Waals surface area contributed by atoms with Gasteiger partial charge < -0.3 is 38.8 Å². The van der Waals surface area contributed by atoms with Crippen LogP contribution >= 0.6 is 0 Å². The minimum Gasteiger partial charge on any atom is -0.476 e. The number of hydrogen-bond acceptors (Lipinski definition) is 13. The third kappa shape index (κ3) is 8.79. The molecule has 1 heterocycles. The Hall–Kier alpha value is -3.75. The zero-order valence-corrected chi connectivity index (χ0v) is 20.6. The molecule has 15 heteroatoms. The van der Waals surface area contributed by atoms with Gasteiger partial charge in [-0.05, 0) is 0 Å². The first kappa shape index (κ1) is 30.3. The fourth-order valence-electron chi connectivity index (χ4n) is 3.59. The number of carboxylic acids is 1. The quantitative estimate of drug-likeness (QED) is 0.262. The highest BCUT2D eigenvalue weighted by Gasteiger charge is 2.60. The molecule has 1 aliphatic rings. The zero-order chi connectivity index (χ0) is 27.8. The number of carboxylic acid groups (broad SMARTS) is 1. The van der Waals surface area contributed by atoms with E-state index < -0.39 is 91.0 Å². The highest BCUT2D eigenvalue weighted by atomic mass is 16.7. The zero-order valence-electron chi connectivity index (χ0n) is 20.6. The van der Waals surface area contributed by atoms with Gasteiger partial charge >= 0.3 is 41.6 Å². The van der Waals surface area contributed by atoms with Gasteiger partial charge in [-0.2, -0.15) is 0 Å². The minimum atomic E-state index is -2.77. The van der Waals surface area contributed by atoms with Gasteiger partial charge in [0.2, 0.25) is 5.91 Å². The lowest BCUT2D eigenvalue weighted by Gasteiger charge is -2.47. The Morgan fingerprint density at radius 2 is 1.47 bits per heavy atom. The molecule has 0 bridgehead atoms. The van der Waals surface area contributed by atoms with Crippen LogP contribution in [-0.2, 0) is 62.0 Å². The van der Waals surface area contributed by atoms with Crippen molar-refractivity contribution in [2.45, 2.75) is 84.2 Å². The van der Waals surface area contributed by atoms with Crippen molar-refractivity contribution in [3.63, 3.8) is 0 Å². The second-order valence-electron chi connectivity index (χ2n) is 7.84. The summed E-state index contributed by atoms with van der Waals surface area (Å²) in [4.78, 5) is 83.0. The van der Waals surface area contributed by atoms with Crippen LogP contribution in [0.5, 0.6) is 0 Å². The van der Waals surface area contributed by atoms with Crippen LogP contribution < -0.4 is 5.32 Å². The SMILES string of the molecule is CC(=O)N[C@H]1[C@H]([C@H](OC(C)=O)[C@@H](COC(C)=O)OC(C)=O)O[C@@](OC(C)=O)(C(=O)O)C[C@@H]1OC(C)=O. The molecule has 1 saturated heterocycles. The van der Waals surface area contributed by atoms with Crippen molar-refractivity contribution in [2.75, 3.05) is 6.61 Å². The van der Waals surface area contributed by atoms with Crippen molar-refractivity contribution in [1.29, 1.82) is 0 Å². The largest absolute Gasteiger partial charge is 0.476 e. The first-order valence-corrected chi connectivity index (χ1v) is 10.6. The van der Waals surface area contributed by atoms with Crippen molar-refractivity contribution in [3.8, 4) is 0 Å². The Morgan fingerprint density at radius 1 is 0.889 bits per heavy atom. The van der Waals surface area contributed by atoms with Gasteiger partial charge in [-0.3, -0.25) is 28.8 Å². The molecule has 0 aromatic heterocycles. The summed E-state index contributed by atoms with van der Waals surface area (Å²) in [6.07, 6.45) is -7.37. The van der Waals surface area contributed by atoms with Crippen LogP contribution in [0.2, 0.25) is 0 Å². The average molecular weight is 519 g/mol. The molecular weight excluding hydrogens is 490 g/mol. The molecule has 1 fully saturated rings. The summed E-state index contributed by atoms with van der Waals surface area (Å²) >= 11 is 0.